The van der Waals surface area contributed by atoms with Gasteiger partial charge < -0.3 is 15.3 Å². The van der Waals surface area contributed by atoms with E-state index in [0.29, 0.717) is 25.7 Å². The largest absolute Gasteiger partial charge is 0.481 e. The van der Waals surface area contributed by atoms with Crippen molar-refractivity contribution in [3.8, 4) is 0 Å². The van der Waals surface area contributed by atoms with Crippen molar-refractivity contribution >= 4 is 29.1 Å². The summed E-state index contributed by atoms with van der Waals surface area (Å²) in [5.41, 5.74) is 0. The number of nitrogens with one attached hydrogen (secondary N) is 1. The molecule has 0 bridgehead atoms. The first-order chi connectivity index (χ1) is 11.5. The zero-order valence-electron chi connectivity index (χ0n) is 13.6. The van der Waals surface area contributed by atoms with E-state index < -0.39 is 5.97 Å². The maximum absolute atomic E-state index is 12.7. The Balaban J connectivity index is 1.64. The first-order valence-corrected chi connectivity index (χ1v) is 9.17. The quantitative estimate of drug-likeness (QED) is 0.870. The van der Waals surface area contributed by atoms with Crippen LogP contribution in [0.2, 0.25) is 0 Å². The van der Waals surface area contributed by atoms with Gasteiger partial charge in [-0.1, -0.05) is 6.07 Å². The molecule has 24 heavy (non-hydrogen) atoms. The number of hydrogen-bond acceptors (Lipinski definition) is 4. The number of carbonyl (C=O) groups is 3. The molecule has 2 N–H and O–H groups in total. The lowest BCUT2D eigenvalue weighted by atomic mass is 9.85. The van der Waals surface area contributed by atoms with E-state index in [2.05, 4.69) is 5.32 Å². The molecule has 6 nitrogen and oxygen atoms in total. The molecule has 2 aliphatic rings. The molecule has 1 saturated heterocycles. The van der Waals surface area contributed by atoms with Crippen LogP contribution in [0, 0.1) is 11.8 Å². The smallest absolute Gasteiger partial charge is 0.306 e. The summed E-state index contributed by atoms with van der Waals surface area (Å²) in [6, 6.07) is 3.70. The second-order valence-electron chi connectivity index (χ2n) is 6.67. The van der Waals surface area contributed by atoms with Crippen LogP contribution in [0.5, 0.6) is 0 Å². The van der Waals surface area contributed by atoms with Gasteiger partial charge in [-0.25, -0.2) is 0 Å². The van der Waals surface area contributed by atoms with E-state index in [4.69, 9.17) is 5.11 Å². The second-order valence-corrected chi connectivity index (χ2v) is 7.65. The van der Waals surface area contributed by atoms with Gasteiger partial charge in [0, 0.05) is 24.4 Å². The molecule has 1 aromatic rings. The molecule has 0 aromatic carbocycles. The zero-order valence-corrected chi connectivity index (χ0v) is 14.4. The average molecular weight is 350 g/mol. The predicted molar refractivity (Wildman–Crippen MR) is 89.5 cm³/mol. The van der Waals surface area contributed by atoms with Gasteiger partial charge >= 0.3 is 5.97 Å². The summed E-state index contributed by atoms with van der Waals surface area (Å²) in [4.78, 5) is 38.5. The number of aliphatic carboxylic acids is 1. The lowest BCUT2D eigenvalue weighted by molar-refractivity contribution is -0.143. The molecule has 2 atom stereocenters. The fourth-order valence-corrected chi connectivity index (χ4v) is 4.68. The summed E-state index contributed by atoms with van der Waals surface area (Å²) in [6.45, 7) is 0. The number of carbonyl (C=O) groups excluding carboxylic acids is 2. The third-order valence-corrected chi connectivity index (χ3v) is 6.12. The molecule has 3 rings (SSSR count). The van der Waals surface area contributed by atoms with Gasteiger partial charge in [0.25, 0.3) is 0 Å². The van der Waals surface area contributed by atoms with E-state index in [1.165, 1.54) is 0 Å². The fourth-order valence-electron chi connectivity index (χ4n) is 3.75. The van der Waals surface area contributed by atoms with Crippen LogP contribution in [0.25, 0.3) is 0 Å². The van der Waals surface area contributed by atoms with Gasteiger partial charge in [0.1, 0.15) is 0 Å². The van der Waals surface area contributed by atoms with Gasteiger partial charge in [0.2, 0.25) is 11.8 Å². The summed E-state index contributed by atoms with van der Waals surface area (Å²) >= 11 is 1.56. The van der Waals surface area contributed by atoms with Crippen LogP contribution in [0.4, 0.5) is 0 Å². The van der Waals surface area contributed by atoms with E-state index >= 15 is 0 Å². The van der Waals surface area contributed by atoms with Crippen molar-refractivity contribution in [3.63, 3.8) is 0 Å². The van der Waals surface area contributed by atoms with Gasteiger partial charge in [0.05, 0.1) is 17.9 Å². The molecule has 0 unspecified atom stereocenters. The number of thiophene rings is 1. The monoisotopic (exact) mass is 350 g/mol. The van der Waals surface area contributed by atoms with Gasteiger partial charge in [-0.05, 0) is 37.1 Å². The molecule has 7 heteroatoms. The lowest BCUT2D eigenvalue weighted by Crippen LogP contribution is -2.42. The Morgan fingerprint density at radius 3 is 2.58 bits per heavy atom. The minimum absolute atomic E-state index is 0.0110. The molecule has 1 aliphatic carbocycles. The van der Waals surface area contributed by atoms with E-state index in [1.54, 1.807) is 23.3 Å². The van der Waals surface area contributed by atoms with Crippen LogP contribution >= 0.6 is 11.3 Å². The van der Waals surface area contributed by atoms with Crippen LogP contribution in [-0.2, 0) is 14.4 Å². The number of amides is 2. The van der Waals surface area contributed by atoms with Gasteiger partial charge in [-0.2, -0.15) is 0 Å². The van der Waals surface area contributed by atoms with Crippen LogP contribution < -0.4 is 5.32 Å². The highest BCUT2D eigenvalue weighted by atomic mass is 32.1. The molecule has 1 aromatic heterocycles. The van der Waals surface area contributed by atoms with Crippen molar-refractivity contribution < 1.29 is 19.5 Å². The molecule has 130 valence electrons. The lowest BCUT2D eigenvalue weighted by Gasteiger charge is -2.29. The summed E-state index contributed by atoms with van der Waals surface area (Å²) in [5.74, 6) is -1.52. The topological polar surface area (TPSA) is 86.7 Å². The Morgan fingerprint density at radius 2 is 2.00 bits per heavy atom. The van der Waals surface area contributed by atoms with E-state index in [1.807, 2.05) is 17.5 Å². The Kier molecular flexibility index (Phi) is 4.89. The summed E-state index contributed by atoms with van der Waals surface area (Å²) in [5, 5.41) is 14.0. The van der Waals surface area contributed by atoms with Gasteiger partial charge in [0.15, 0.2) is 0 Å². The molecular formula is C17H22N2O4S. The zero-order chi connectivity index (χ0) is 17.3. The number of nitrogens with zero attached hydrogens (tertiary/aromatic N) is 1. The Labute approximate surface area is 144 Å². The third-order valence-electron chi connectivity index (χ3n) is 5.18. The van der Waals surface area contributed by atoms with Gasteiger partial charge in [-0.3, -0.25) is 14.4 Å². The molecule has 2 amide bonds. The molecule has 0 radical (unpaired) electrons. The minimum atomic E-state index is -0.749. The van der Waals surface area contributed by atoms with Crippen LogP contribution in [0.3, 0.4) is 0 Å². The Morgan fingerprint density at radius 1 is 1.29 bits per heavy atom. The molecule has 0 spiro atoms. The minimum Gasteiger partial charge on any atom is -0.481 e. The van der Waals surface area contributed by atoms with Crippen molar-refractivity contribution in [1.82, 2.24) is 10.2 Å². The SMILES string of the molecule is CN1C(=O)C[C@@H](C(=O)NC2CCC(C(=O)O)CC2)[C@@H]1c1cccs1. The number of hydrogen-bond donors (Lipinski definition) is 2. The van der Waals surface area contributed by atoms with E-state index in [-0.39, 0.29) is 42.2 Å². The normalized spacial score (nSPS) is 30.4. The van der Waals surface area contributed by atoms with Crippen molar-refractivity contribution in [3.05, 3.63) is 22.4 Å². The molecule has 2 heterocycles. The summed E-state index contributed by atoms with van der Waals surface area (Å²) < 4.78 is 0. The average Bonchev–Trinajstić information content (AvgIpc) is 3.17. The Bertz CT molecular complexity index is 623. The second kappa shape index (κ2) is 6.93. The first-order valence-electron chi connectivity index (χ1n) is 8.29. The predicted octanol–water partition coefficient (Wildman–Crippen LogP) is 2.03. The van der Waals surface area contributed by atoms with Gasteiger partial charge in [-0.15, -0.1) is 11.3 Å². The Hall–Kier alpha value is -1.89. The van der Waals surface area contributed by atoms with Crippen molar-refractivity contribution in [1.29, 1.82) is 0 Å². The highest BCUT2D eigenvalue weighted by Crippen LogP contribution is 2.39. The number of rotatable bonds is 4. The summed E-state index contributed by atoms with van der Waals surface area (Å²) in [7, 11) is 1.75. The van der Waals surface area contributed by atoms with Crippen molar-refractivity contribution in [2.75, 3.05) is 7.05 Å². The molecule has 1 aliphatic heterocycles. The number of carboxylic acids is 1. The van der Waals surface area contributed by atoms with Crippen LogP contribution in [-0.4, -0.2) is 40.9 Å². The number of carboxylic acid groups (broad SMARTS) is 1. The first kappa shape index (κ1) is 17.0. The van der Waals surface area contributed by atoms with E-state index in [9.17, 15) is 14.4 Å². The van der Waals surface area contributed by atoms with E-state index in [0.717, 1.165) is 4.88 Å². The van der Waals surface area contributed by atoms with Crippen LogP contribution in [0.15, 0.2) is 17.5 Å². The molecular weight excluding hydrogens is 328 g/mol. The van der Waals surface area contributed by atoms with Crippen molar-refractivity contribution in [2.24, 2.45) is 11.8 Å². The molecule has 1 saturated carbocycles. The number of likely N-dealkylation sites (tertiary alicyclic amines) is 1. The fraction of sp³-hybridized carbons (Fsp3) is 0.588. The highest BCUT2D eigenvalue weighted by Gasteiger charge is 2.43. The van der Waals surface area contributed by atoms with Crippen LogP contribution in [0.1, 0.15) is 43.0 Å². The third kappa shape index (κ3) is 3.31. The van der Waals surface area contributed by atoms with Crippen molar-refractivity contribution in [2.45, 2.75) is 44.2 Å². The maximum Gasteiger partial charge on any atom is 0.306 e. The summed E-state index contributed by atoms with van der Waals surface area (Å²) in [6.07, 6.45) is 2.79. The molecule has 2 fully saturated rings. The standard InChI is InChI=1S/C17H22N2O4S/c1-19-14(20)9-12(15(19)13-3-2-8-24-13)16(21)18-11-6-4-10(5-7-11)17(22)23/h2-3,8,10-12,15H,4-7,9H2,1H3,(H,18,21)(H,22,23)/t10?,11?,12-,15-/m1/s1. The maximum atomic E-state index is 12.7. The highest BCUT2D eigenvalue weighted by molar-refractivity contribution is 7.10.